The quantitative estimate of drug-likeness (QED) is 0.315. The fourth-order valence-electron chi connectivity index (χ4n) is 4.25. The third-order valence-electron chi connectivity index (χ3n) is 6.77. The van der Waals surface area contributed by atoms with Crippen LogP contribution in [0.1, 0.15) is 38.3 Å². The van der Waals surface area contributed by atoms with Crippen molar-refractivity contribution >= 4 is 23.4 Å². The minimum Gasteiger partial charge on any atom is -0.497 e. The van der Waals surface area contributed by atoms with Crippen molar-refractivity contribution in [2.75, 3.05) is 26.9 Å². The maximum Gasteiger partial charge on any atom is 0.246 e. The smallest absolute Gasteiger partial charge is 0.246 e. The Kier molecular flexibility index (Phi) is 10.8. The molecule has 9 nitrogen and oxygen atoms in total. The summed E-state index contributed by atoms with van der Waals surface area (Å²) in [6.07, 6.45) is 0.451. The number of carbonyl (C=O) groups excluding carboxylic acids is 4. The molecule has 4 atom stereocenters. The number of benzene rings is 2. The molecule has 1 aliphatic heterocycles. The van der Waals surface area contributed by atoms with Crippen LogP contribution in [0.25, 0.3) is 0 Å². The predicted octanol–water partition coefficient (Wildman–Crippen LogP) is 2.44. The molecule has 0 spiro atoms. The van der Waals surface area contributed by atoms with Gasteiger partial charge in [0, 0.05) is 18.9 Å². The highest BCUT2D eigenvalue weighted by Gasteiger charge is 2.50. The van der Waals surface area contributed by atoms with Crippen LogP contribution in [0.15, 0.2) is 54.6 Å². The first kappa shape index (κ1) is 30.0. The van der Waals surface area contributed by atoms with E-state index in [1.54, 1.807) is 40.0 Å². The Bertz CT molecular complexity index is 1130. The zero-order valence-electron chi connectivity index (χ0n) is 23.0. The lowest BCUT2D eigenvalue weighted by Gasteiger charge is -2.24. The first-order valence-corrected chi connectivity index (χ1v) is 13.2. The van der Waals surface area contributed by atoms with Gasteiger partial charge in [-0.3, -0.25) is 19.2 Å². The maximum atomic E-state index is 13.7. The molecule has 1 heterocycles. The molecule has 2 N–H and O–H groups in total. The van der Waals surface area contributed by atoms with Crippen molar-refractivity contribution in [1.29, 1.82) is 0 Å². The van der Waals surface area contributed by atoms with Crippen LogP contribution in [0, 0.1) is 5.92 Å². The molecule has 0 bridgehead atoms. The normalized spacial score (nSPS) is 18.4. The standard InChI is InChI=1S/C30H38N2O7/c1-5-38-18-27(34)31-20(2)26(33)17-23(15-22-11-13-24(37-4)14-12-22)29(36)32-25(28(35)30(3)19-39-30)16-21-9-7-6-8-10-21/h6-14,20,23,25H,5,15-19H2,1-4H3,(H,31,34)(H,32,36)/t20-,23+,25-,30+/m0/s1. The molecule has 1 aliphatic rings. The Morgan fingerprint density at radius 2 is 1.62 bits per heavy atom. The van der Waals surface area contributed by atoms with E-state index in [0.29, 0.717) is 25.4 Å². The summed E-state index contributed by atoms with van der Waals surface area (Å²) in [5.74, 6) is -1.41. The van der Waals surface area contributed by atoms with Crippen LogP contribution >= 0.6 is 0 Å². The van der Waals surface area contributed by atoms with Gasteiger partial charge in [0.15, 0.2) is 11.6 Å². The Hall–Kier alpha value is -3.56. The van der Waals surface area contributed by atoms with Crippen LogP contribution in [0.3, 0.4) is 0 Å². The fourth-order valence-corrected chi connectivity index (χ4v) is 4.25. The summed E-state index contributed by atoms with van der Waals surface area (Å²) in [7, 11) is 1.57. The second kappa shape index (κ2) is 14.0. The molecule has 3 rings (SSSR count). The zero-order chi connectivity index (χ0) is 28.4. The van der Waals surface area contributed by atoms with Gasteiger partial charge in [0.25, 0.3) is 0 Å². The van der Waals surface area contributed by atoms with Gasteiger partial charge in [-0.05, 0) is 56.9 Å². The summed E-state index contributed by atoms with van der Waals surface area (Å²) in [6, 6.07) is 15.1. The Labute approximate surface area is 229 Å². The molecule has 210 valence electrons. The van der Waals surface area contributed by atoms with E-state index in [-0.39, 0.29) is 31.0 Å². The molecule has 0 saturated carbocycles. The predicted molar refractivity (Wildman–Crippen MR) is 145 cm³/mol. The number of hydrogen-bond donors (Lipinski definition) is 2. The summed E-state index contributed by atoms with van der Waals surface area (Å²) in [5, 5.41) is 5.54. The highest BCUT2D eigenvalue weighted by molar-refractivity contribution is 5.98. The fraction of sp³-hybridized carbons (Fsp3) is 0.467. The van der Waals surface area contributed by atoms with Crippen molar-refractivity contribution in [3.8, 4) is 5.75 Å². The number of nitrogens with one attached hydrogen (secondary N) is 2. The van der Waals surface area contributed by atoms with Crippen LogP contribution < -0.4 is 15.4 Å². The van der Waals surface area contributed by atoms with Gasteiger partial charge < -0.3 is 24.8 Å². The molecule has 2 amide bonds. The second-order valence-corrected chi connectivity index (χ2v) is 9.98. The van der Waals surface area contributed by atoms with Crippen molar-refractivity contribution < 1.29 is 33.4 Å². The van der Waals surface area contributed by atoms with Gasteiger partial charge in [0.2, 0.25) is 11.8 Å². The van der Waals surface area contributed by atoms with E-state index in [9.17, 15) is 19.2 Å². The van der Waals surface area contributed by atoms with Crippen molar-refractivity contribution in [3.05, 3.63) is 65.7 Å². The molecule has 0 unspecified atom stereocenters. The van der Waals surface area contributed by atoms with Crippen LogP contribution in [-0.2, 0) is 41.5 Å². The Morgan fingerprint density at radius 1 is 0.974 bits per heavy atom. The highest BCUT2D eigenvalue weighted by atomic mass is 16.6. The minimum absolute atomic E-state index is 0.117. The summed E-state index contributed by atoms with van der Waals surface area (Å²) in [5.41, 5.74) is 0.807. The van der Waals surface area contributed by atoms with Crippen molar-refractivity contribution in [1.82, 2.24) is 10.6 Å². The first-order chi connectivity index (χ1) is 18.6. The number of epoxide rings is 1. The molecule has 0 aromatic heterocycles. The third kappa shape index (κ3) is 9.01. The van der Waals surface area contributed by atoms with E-state index in [1.165, 1.54) is 0 Å². The van der Waals surface area contributed by atoms with Crippen LogP contribution in [0.5, 0.6) is 5.75 Å². The third-order valence-corrected chi connectivity index (χ3v) is 6.77. The molecule has 2 aromatic rings. The first-order valence-electron chi connectivity index (χ1n) is 13.2. The number of Topliss-reactive ketones (excluding diaryl/α,β-unsaturated/α-hetero) is 2. The maximum absolute atomic E-state index is 13.7. The van der Waals surface area contributed by atoms with Gasteiger partial charge in [-0.2, -0.15) is 0 Å². The molecule has 1 saturated heterocycles. The number of methoxy groups -OCH3 is 1. The topological polar surface area (TPSA) is 123 Å². The summed E-state index contributed by atoms with van der Waals surface area (Å²) in [6.45, 7) is 5.61. The van der Waals surface area contributed by atoms with E-state index < -0.39 is 35.4 Å². The lowest BCUT2D eigenvalue weighted by molar-refractivity contribution is -0.134. The van der Waals surface area contributed by atoms with Crippen LogP contribution in [0.2, 0.25) is 0 Å². The van der Waals surface area contributed by atoms with Crippen molar-refractivity contribution in [2.24, 2.45) is 5.92 Å². The molecule has 39 heavy (non-hydrogen) atoms. The second-order valence-electron chi connectivity index (χ2n) is 9.98. The molecule has 0 radical (unpaired) electrons. The van der Waals surface area contributed by atoms with Crippen molar-refractivity contribution in [3.63, 3.8) is 0 Å². The Morgan fingerprint density at radius 3 is 2.21 bits per heavy atom. The highest BCUT2D eigenvalue weighted by Crippen LogP contribution is 2.29. The van der Waals surface area contributed by atoms with Gasteiger partial charge in [-0.25, -0.2) is 0 Å². The summed E-state index contributed by atoms with van der Waals surface area (Å²) >= 11 is 0. The van der Waals surface area contributed by atoms with Crippen molar-refractivity contribution in [2.45, 2.75) is 57.7 Å². The lowest BCUT2D eigenvalue weighted by atomic mass is 9.89. The Balaban J connectivity index is 1.78. The number of rotatable bonds is 16. The number of ketones is 2. The van der Waals surface area contributed by atoms with Crippen LogP contribution in [-0.4, -0.2) is 68.0 Å². The SMILES string of the molecule is CCOCC(=O)N[C@@H](C)C(=O)C[C@@H](Cc1ccc(OC)cc1)C(=O)N[C@@H](Cc1ccccc1)C(=O)[C@@]1(C)CO1. The van der Waals surface area contributed by atoms with Gasteiger partial charge in [0.05, 0.1) is 25.8 Å². The molecular formula is C30H38N2O7. The monoisotopic (exact) mass is 538 g/mol. The van der Waals surface area contributed by atoms with E-state index in [2.05, 4.69) is 10.6 Å². The van der Waals surface area contributed by atoms with Gasteiger partial charge in [0.1, 0.15) is 18.0 Å². The minimum atomic E-state index is -0.923. The zero-order valence-corrected chi connectivity index (χ0v) is 23.0. The molecular weight excluding hydrogens is 500 g/mol. The average molecular weight is 539 g/mol. The lowest BCUT2D eigenvalue weighted by Crippen LogP contribution is -2.50. The molecule has 1 fully saturated rings. The number of ether oxygens (including phenoxy) is 3. The molecule has 0 aliphatic carbocycles. The van der Waals surface area contributed by atoms with Gasteiger partial charge in [-0.1, -0.05) is 42.5 Å². The van der Waals surface area contributed by atoms with E-state index in [0.717, 1.165) is 11.1 Å². The van der Waals surface area contributed by atoms with E-state index in [4.69, 9.17) is 14.2 Å². The van der Waals surface area contributed by atoms with Gasteiger partial charge in [-0.15, -0.1) is 0 Å². The molecule has 9 heteroatoms. The number of amides is 2. The average Bonchev–Trinajstić information content (AvgIpc) is 3.69. The van der Waals surface area contributed by atoms with E-state index >= 15 is 0 Å². The number of hydrogen-bond acceptors (Lipinski definition) is 7. The van der Waals surface area contributed by atoms with Crippen LogP contribution in [0.4, 0.5) is 0 Å². The largest absolute Gasteiger partial charge is 0.497 e. The number of carbonyl (C=O) groups is 4. The van der Waals surface area contributed by atoms with E-state index in [1.807, 2.05) is 42.5 Å². The van der Waals surface area contributed by atoms with Gasteiger partial charge >= 0.3 is 0 Å². The summed E-state index contributed by atoms with van der Waals surface area (Å²) < 4.78 is 15.7. The molecule has 2 aromatic carbocycles. The summed E-state index contributed by atoms with van der Waals surface area (Å²) in [4.78, 5) is 52.1.